The topological polar surface area (TPSA) is 83.9 Å². The summed E-state index contributed by atoms with van der Waals surface area (Å²) in [5.74, 6) is 2.64. The lowest BCUT2D eigenvalue weighted by Gasteiger charge is -2.42. The summed E-state index contributed by atoms with van der Waals surface area (Å²) in [5.41, 5.74) is 4.27. The van der Waals surface area contributed by atoms with Gasteiger partial charge in [0.2, 0.25) is 0 Å². The van der Waals surface area contributed by atoms with E-state index in [1.165, 1.54) is 6.07 Å². The van der Waals surface area contributed by atoms with Gasteiger partial charge in [0.1, 0.15) is 49.3 Å². The van der Waals surface area contributed by atoms with Gasteiger partial charge in [0, 0.05) is 43.2 Å². The molecule has 2 aromatic heterocycles. The molecule has 320 valence electrons. The van der Waals surface area contributed by atoms with Crippen molar-refractivity contribution in [1.29, 1.82) is 0 Å². The van der Waals surface area contributed by atoms with Gasteiger partial charge in [0.05, 0.1) is 28.6 Å². The molecule has 0 spiro atoms. The van der Waals surface area contributed by atoms with E-state index < -0.39 is 37.0 Å². The Labute approximate surface area is 353 Å². The smallest absolute Gasteiger partial charge is 0.410 e. The predicted octanol–water partition coefficient (Wildman–Crippen LogP) is 10.2. The molecule has 0 N–H and O–H groups in total. The molecule has 2 bridgehead atoms. The Morgan fingerprint density at radius 3 is 2.35 bits per heavy atom. The van der Waals surface area contributed by atoms with Crippen molar-refractivity contribution >= 4 is 41.7 Å². The molecule has 4 aliphatic rings. The largest absolute Gasteiger partial charge is 0.461 e. The first kappa shape index (κ1) is 42.3. The van der Waals surface area contributed by atoms with Gasteiger partial charge >= 0.3 is 12.1 Å². The predicted molar refractivity (Wildman–Crippen MR) is 234 cm³/mol. The Morgan fingerprint density at radius 2 is 1.68 bits per heavy atom. The molecule has 4 aromatic rings. The number of ether oxygens (including phenoxy) is 2. The van der Waals surface area contributed by atoms with Crippen LogP contribution in [0, 0.1) is 23.1 Å². The van der Waals surface area contributed by atoms with E-state index in [1.54, 1.807) is 18.3 Å². The van der Waals surface area contributed by atoms with Gasteiger partial charge in [-0.3, -0.25) is 14.8 Å². The van der Waals surface area contributed by atoms with Crippen molar-refractivity contribution in [2.24, 2.45) is 0 Å². The molecule has 1 amide bonds. The van der Waals surface area contributed by atoms with E-state index >= 15 is 8.78 Å². The number of pyridine rings is 1. The maximum Gasteiger partial charge on any atom is 0.410 e. The molecule has 4 fully saturated rings. The highest BCUT2D eigenvalue weighted by atomic mass is 28.3. The Kier molecular flexibility index (Phi) is 11.1. The maximum atomic E-state index is 17.6. The highest BCUT2D eigenvalue weighted by Crippen LogP contribution is 2.44. The quantitative estimate of drug-likeness (QED) is 0.128. The van der Waals surface area contributed by atoms with Crippen LogP contribution in [0.1, 0.15) is 100.0 Å². The number of aromatic nitrogens is 3. The van der Waals surface area contributed by atoms with Crippen LogP contribution in [-0.2, 0) is 4.74 Å². The van der Waals surface area contributed by atoms with E-state index in [0.29, 0.717) is 64.8 Å². The Balaban J connectivity index is 1.25. The number of nitrogens with zero attached hydrogens (tertiary/aromatic N) is 6. The minimum absolute atomic E-state index is 0.00752. The zero-order chi connectivity index (χ0) is 42.9. The molecule has 9 nitrogen and oxygen atoms in total. The highest BCUT2D eigenvalue weighted by Gasteiger charge is 2.50. The summed E-state index contributed by atoms with van der Waals surface area (Å²) in [6.07, 6.45) is 4.01. The van der Waals surface area contributed by atoms with Crippen molar-refractivity contribution in [3.8, 4) is 28.7 Å². The first-order chi connectivity index (χ1) is 28.4. The zero-order valence-electron chi connectivity index (χ0n) is 36.5. The van der Waals surface area contributed by atoms with Crippen LogP contribution in [0.4, 0.5) is 23.8 Å². The van der Waals surface area contributed by atoms with Crippen molar-refractivity contribution in [2.75, 3.05) is 37.7 Å². The second kappa shape index (κ2) is 15.8. The molecule has 2 aromatic carbocycles. The molecule has 4 atom stereocenters. The third kappa shape index (κ3) is 7.39. The summed E-state index contributed by atoms with van der Waals surface area (Å²) in [5, 5.41) is 1.62. The van der Waals surface area contributed by atoms with Gasteiger partial charge in [0.25, 0.3) is 0 Å². The fourth-order valence-corrected chi connectivity index (χ4v) is 16.3. The molecule has 13 heteroatoms. The summed E-state index contributed by atoms with van der Waals surface area (Å²) < 4.78 is 60.6. The summed E-state index contributed by atoms with van der Waals surface area (Å²) >= 11 is 0. The molecule has 4 saturated heterocycles. The average molecular weight is 841 g/mol. The van der Waals surface area contributed by atoms with Crippen molar-refractivity contribution in [3.63, 3.8) is 0 Å². The third-order valence-corrected chi connectivity index (χ3v) is 20.1. The van der Waals surface area contributed by atoms with E-state index in [2.05, 4.69) is 62.8 Å². The lowest BCUT2D eigenvalue weighted by molar-refractivity contribution is 0.0122. The summed E-state index contributed by atoms with van der Waals surface area (Å²) in [4.78, 5) is 33.8. The lowest BCUT2D eigenvalue weighted by Crippen LogP contribution is -2.57. The molecule has 0 aliphatic carbocycles. The Bertz CT molecular complexity index is 2340. The number of carbonyl (C=O) groups excluding carboxylic acids is 1. The molecule has 0 radical (unpaired) electrons. The number of fused-ring (bicyclic) bond motifs is 5. The van der Waals surface area contributed by atoms with Gasteiger partial charge in [-0.1, -0.05) is 71.7 Å². The number of hydrogen-bond acceptors (Lipinski definition) is 8. The molecule has 0 saturated carbocycles. The standard InChI is InChI=1S/C47H59F3N6O3Si/c1-28(2)60(29(3)4,30(5)6)21-18-35-38(49)17-14-31-12-10-13-36(39(31)35)41-40(50)42-37(23-51-41)43(53-44(52-42)58-27-47-19-11-20-55(47)24-32(48)22-47)54-25-33-15-16-34(26-54)56(33)45(57)59-46(7,8)9/h10,12-14,17,23,28-30,32-34H,11,15-16,19-20,22,24-27H2,1-9H3/t32-,33-,34+,47+/m1/s1. The van der Waals surface area contributed by atoms with Gasteiger partial charge in [-0.2, -0.15) is 9.97 Å². The van der Waals surface area contributed by atoms with Gasteiger partial charge in [0.15, 0.2) is 5.82 Å². The molecule has 4 aliphatic heterocycles. The third-order valence-electron chi connectivity index (χ3n) is 13.8. The molecular weight excluding hydrogens is 782 g/mol. The van der Waals surface area contributed by atoms with Gasteiger partial charge in [-0.05, 0) is 81.1 Å². The fraction of sp³-hybridized carbons (Fsp3) is 0.574. The second-order valence-electron chi connectivity index (χ2n) is 19.5. The number of hydrogen-bond donors (Lipinski definition) is 0. The number of amides is 1. The van der Waals surface area contributed by atoms with E-state index in [0.717, 1.165) is 37.6 Å². The first-order valence-electron chi connectivity index (χ1n) is 21.8. The van der Waals surface area contributed by atoms with Crippen molar-refractivity contribution in [1.82, 2.24) is 24.8 Å². The number of rotatable bonds is 8. The molecule has 0 unspecified atom stereocenters. The van der Waals surface area contributed by atoms with Crippen LogP contribution in [0.3, 0.4) is 0 Å². The summed E-state index contributed by atoms with van der Waals surface area (Å²) in [6, 6.07) is 8.32. The van der Waals surface area contributed by atoms with Crippen molar-refractivity contribution in [2.45, 2.75) is 140 Å². The summed E-state index contributed by atoms with van der Waals surface area (Å²) in [6.45, 7) is 21.1. The van der Waals surface area contributed by atoms with E-state index in [-0.39, 0.29) is 47.6 Å². The molecule has 60 heavy (non-hydrogen) atoms. The van der Waals surface area contributed by atoms with Crippen molar-refractivity contribution < 1.29 is 27.4 Å². The fourth-order valence-electron chi connectivity index (χ4n) is 11.1. The van der Waals surface area contributed by atoms with Crippen LogP contribution in [0.15, 0.2) is 36.5 Å². The maximum absolute atomic E-state index is 17.6. The van der Waals surface area contributed by atoms with Crippen LogP contribution < -0.4 is 9.64 Å². The van der Waals surface area contributed by atoms with Crippen LogP contribution in [-0.4, -0.2) is 101 Å². The Hall–Kier alpha value is -4.41. The minimum atomic E-state index is -2.26. The average Bonchev–Trinajstić information content (AvgIpc) is 3.80. The Morgan fingerprint density at radius 1 is 0.983 bits per heavy atom. The highest BCUT2D eigenvalue weighted by molar-refractivity contribution is 6.90. The van der Waals surface area contributed by atoms with Gasteiger partial charge in [-0.25, -0.2) is 18.0 Å². The number of alkyl halides is 1. The first-order valence-corrected chi connectivity index (χ1v) is 24.0. The number of piperazine rings is 1. The van der Waals surface area contributed by atoms with Crippen LogP contribution >= 0.6 is 0 Å². The number of carbonyl (C=O) groups is 1. The SMILES string of the molecule is CC(C)[Si](C#Cc1c(F)ccc2cccc(-c3ncc4c(N5C[C@H]6CC[C@@H](C5)N6C(=O)OC(C)(C)C)nc(OC[C@@]56CCCN5C[C@H](F)C6)nc4c3F)c12)(C(C)C)C(C)C. The van der Waals surface area contributed by atoms with E-state index in [1.807, 2.05) is 37.8 Å². The molecule has 6 heterocycles. The lowest BCUT2D eigenvalue weighted by atomic mass is 9.95. The monoisotopic (exact) mass is 840 g/mol. The van der Waals surface area contributed by atoms with E-state index in [9.17, 15) is 9.18 Å². The number of halogens is 3. The molecule has 8 rings (SSSR count). The second-order valence-corrected chi connectivity index (χ2v) is 25.1. The van der Waals surface area contributed by atoms with Crippen molar-refractivity contribution in [3.05, 3.63) is 53.7 Å². The zero-order valence-corrected chi connectivity index (χ0v) is 37.5. The normalized spacial score (nSPS) is 23.3. The molecular formula is C47H59F3N6O3Si. The van der Waals surface area contributed by atoms with Crippen LogP contribution in [0.5, 0.6) is 6.01 Å². The van der Waals surface area contributed by atoms with Crippen LogP contribution in [0.25, 0.3) is 32.9 Å². The van der Waals surface area contributed by atoms with Gasteiger partial charge in [-0.15, -0.1) is 5.54 Å². The van der Waals surface area contributed by atoms with Crippen LogP contribution in [0.2, 0.25) is 16.6 Å². The minimum Gasteiger partial charge on any atom is -0.461 e. The number of anilines is 1. The summed E-state index contributed by atoms with van der Waals surface area (Å²) in [7, 11) is -2.26. The van der Waals surface area contributed by atoms with E-state index in [4.69, 9.17) is 24.4 Å². The van der Waals surface area contributed by atoms with Gasteiger partial charge < -0.3 is 14.4 Å². The number of benzene rings is 2.